The van der Waals surface area contributed by atoms with Crippen LogP contribution in [0.2, 0.25) is 0 Å². The Morgan fingerprint density at radius 1 is 1.35 bits per heavy atom. The molecule has 0 aliphatic carbocycles. The lowest BCUT2D eigenvalue weighted by Gasteiger charge is -2.49. The van der Waals surface area contributed by atoms with Gasteiger partial charge in [-0.2, -0.15) is 0 Å². The molecular formula is C17H21N5O6S3. The highest BCUT2D eigenvalue weighted by molar-refractivity contribution is 8.01. The number of carboxylic acids is 2. The van der Waals surface area contributed by atoms with E-state index in [2.05, 4.69) is 15.5 Å². The number of thioether (sulfide) groups is 2. The second kappa shape index (κ2) is 9.97. The van der Waals surface area contributed by atoms with Crippen molar-refractivity contribution in [2.45, 2.75) is 48.0 Å². The molecule has 5 N–H and O–H groups in total. The van der Waals surface area contributed by atoms with Gasteiger partial charge in [0.25, 0.3) is 5.91 Å². The molecule has 1 aromatic rings. The maximum Gasteiger partial charge on any atom is 0.352 e. The first-order chi connectivity index (χ1) is 14.7. The van der Waals surface area contributed by atoms with Crippen LogP contribution in [0.15, 0.2) is 15.6 Å². The quantitative estimate of drug-likeness (QED) is 0.263. The first-order valence-corrected chi connectivity index (χ1v) is 12.1. The van der Waals surface area contributed by atoms with Crippen molar-refractivity contribution in [1.29, 1.82) is 0 Å². The second-order valence-corrected chi connectivity index (χ2v) is 10.4. The number of carbonyl (C=O) groups is 4. The van der Waals surface area contributed by atoms with E-state index >= 15 is 0 Å². The lowest BCUT2D eigenvalue weighted by atomic mass is 10.0. The predicted molar refractivity (Wildman–Crippen MR) is 115 cm³/mol. The van der Waals surface area contributed by atoms with E-state index in [9.17, 15) is 24.3 Å². The average molecular weight is 488 g/mol. The summed E-state index contributed by atoms with van der Waals surface area (Å²) in [6.45, 7) is 1.83. The number of nitrogens with one attached hydrogen (secondary N) is 1. The van der Waals surface area contributed by atoms with E-state index in [-0.39, 0.29) is 25.0 Å². The smallest absolute Gasteiger partial charge is 0.352 e. The molecule has 31 heavy (non-hydrogen) atoms. The first-order valence-electron chi connectivity index (χ1n) is 9.29. The number of nitrogens with two attached hydrogens (primary N) is 1. The molecule has 0 spiro atoms. The molecular weight excluding hydrogens is 466 g/mol. The van der Waals surface area contributed by atoms with E-state index < -0.39 is 41.2 Å². The molecule has 2 aliphatic heterocycles. The van der Waals surface area contributed by atoms with Crippen molar-refractivity contribution in [1.82, 2.24) is 20.4 Å². The molecule has 2 amide bonds. The number of nitrogens with zero attached hydrogens (tertiary/aromatic N) is 3. The number of carboxylic acid groups (broad SMARTS) is 2. The minimum atomic E-state index is -1.19. The Bertz CT molecular complexity index is 935. The fourth-order valence-electron chi connectivity index (χ4n) is 3.13. The minimum Gasteiger partial charge on any atom is -0.480 e. The van der Waals surface area contributed by atoms with Gasteiger partial charge in [-0.1, -0.05) is 23.1 Å². The topological polar surface area (TPSA) is 176 Å². The van der Waals surface area contributed by atoms with Crippen molar-refractivity contribution in [3.05, 3.63) is 16.3 Å². The lowest BCUT2D eigenvalue weighted by molar-refractivity contribution is -0.150. The molecule has 0 bridgehead atoms. The Balaban J connectivity index is 1.59. The van der Waals surface area contributed by atoms with Gasteiger partial charge < -0.3 is 21.3 Å². The third kappa shape index (κ3) is 5.37. The van der Waals surface area contributed by atoms with Crippen LogP contribution in [0.1, 0.15) is 24.3 Å². The van der Waals surface area contributed by atoms with Gasteiger partial charge in [-0.05, 0) is 25.3 Å². The highest BCUT2D eigenvalue weighted by Gasteiger charge is 2.54. The Hall–Kier alpha value is -2.16. The van der Waals surface area contributed by atoms with Gasteiger partial charge in [-0.3, -0.25) is 19.3 Å². The van der Waals surface area contributed by atoms with Crippen molar-refractivity contribution in [3.8, 4) is 0 Å². The summed E-state index contributed by atoms with van der Waals surface area (Å²) in [6, 6.07) is -1.84. The molecule has 0 saturated carbocycles. The van der Waals surface area contributed by atoms with Crippen molar-refractivity contribution >= 4 is 58.6 Å². The zero-order valence-electron chi connectivity index (χ0n) is 16.4. The molecule has 0 aromatic carbocycles. The number of hydrogen-bond acceptors (Lipinski definition) is 10. The third-order valence-electron chi connectivity index (χ3n) is 4.68. The number of β-lactam (4-membered cyclic amide) rings is 1. The molecule has 1 aromatic heterocycles. The summed E-state index contributed by atoms with van der Waals surface area (Å²) in [5.41, 5.74) is 5.98. The van der Waals surface area contributed by atoms with Crippen LogP contribution in [0.5, 0.6) is 0 Å². The van der Waals surface area contributed by atoms with Gasteiger partial charge >= 0.3 is 11.9 Å². The number of aromatic nitrogens is 2. The van der Waals surface area contributed by atoms with Gasteiger partial charge in [0.05, 0.1) is 0 Å². The van der Waals surface area contributed by atoms with E-state index in [1.165, 1.54) is 39.8 Å². The van der Waals surface area contributed by atoms with Gasteiger partial charge in [-0.25, -0.2) is 4.79 Å². The third-order valence-corrected chi connectivity index (χ3v) is 8.08. The number of fused-ring (bicyclic) bond motifs is 1. The first kappa shape index (κ1) is 23.5. The monoisotopic (exact) mass is 487 g/mol. The standard InChI is InChI=1S/C17H21N5O6S3/c1-7-20-21-17(31-7)30-6-8-5-29-14-11(13(24)22(14)12(8)16(27)28)19-10(23)4-2-3-9(18)15(25)26/h9,11,14H,2-6,18H2,1H3,(H,19,23)(H,25,26)(H,27,28)/t9?,11-,14+/m1/s1. The second-order valence-electron chi connectivity index (χ2n) is 6.92. The van der Waals surface area contributed by atoms with E-state index in [1.54, 1.807) is 0 Å². The van der Waals surface area contributed by atoms with E-state index in [4.69, 9.17) is 10.8 Å². The number of hydrogen-bond donors (Lipinski definition) is 4. The van der Waals surface area contributed by atoms with Gasteiger partial charge in [0.15, 0.2) is 4.34 Å². The van der Waals surface area contributed by atoms with Crippen LogP contribution in [0.4, 0.5) is 0 Å². The summed E-state index contributed by atoms with van der Waals surface area (Å²) in [5, 5.41) is 29.3. The highest BCUT2D eigenvalue weighted by atomic mass is 32.2. The van der Waals surface area contributed by atoms with Crippen LogP contribution < -0.4 is 11.1 Å². The van der Waals surface area contributed by atoms with Crippen molar-refractivity contribution < 1.29 is 29.4 Å². The molecule has 11 nitrogen and oxygen atoms in total. The van der Waals surface area contributed by atoms with Crippen molar-refractivity contribution in [2.24, 2.45) is 5.73 Å². The molecule has 168 valence electrons. The maximum atomic E-state index is 12.6. The lowest BCUT2D eigenvalue weighted by Crippen LogP contribution is -2.70. The van der Waals surface area contributed by atoms with E-state index in [0.717, 1.165) is 9.35 Å². The van der Waals surface area contributed by atoms with Crippen LogP contribution >= 0.6 is 34.9 Å². The molecule has 2 aliphatic rings. The summed E-state index contributed by atoms with van der Waals surface area (Å²) in [5.74, 6) is -2.40. The molecule has 3 rings (SSSR count). The Morgan fingerprint density at radius 2 is 2.10 bits per heavy atom. The SMILES string of the molecule is Cc1nnc(SCC2=C(C(=O)O)N3C(=O)[C@@H](NC(=O)CCCC(N)C(=O)O)[C@@H]3SC2)s1. The Labute approximate surface area is 189 Å². The zero-order chi connectivity index (χ0) is 22.7. The molecule has 3 heterocycles. The van der Waals surface area contributed by atoms with E-state index in [0.29, 0.717) is 17.1 Å². The fraction of sp³-hybridized carbons (Fsp3) is 0.529. The molecule has 3 atom stereocenters. The predicted octanol–water partition coefficient (Wildman–Crippen LogP) is 0.259. The maximum absolute atomic E-state index is 12.6. The molecule has 1 unspecified atom stereocenters. The van der Waals surface area contributed by atoms with Crippen LogP contribution in [-0.2, 0) is 19.2 Å². The van der Waals surface area contributed by atoms with Crippen molar-refractivity contribution in [2.75, 3.05) is 11.5 Å². The summed E-state index contributed by atoms with van der Waals surface area (Å²) in [6.07, 6.45) is 0.453. The average Bonchev–Trinajstić information content (AvgIpc) is 3.14. The normalized spacial score (nSPS) is 21.4. The summed E-state index contributed by atoms with van der Waals surface area (Å²) >= 11 is 4.18. The number of amides is 2. The van der Waals surface area contributed by atoms with Crippen LogP contribution in [0, 0.1) is 6.92 Å². The number of aryl methyl sites for hydroxylation is 1. The summed E-state index contributed by atoms with van der Waals surface area (Å²) < 4.78 is 0.726. The number of aliphatic carboxylic acids is 2. The Morgan fingerprint density at radius 3 is 2.71 bits per heavy atom. The Kier molecular flexibility index (Phi) is 7.56. The van der Waals surface area contributed by atoms with Crippen molar-refractivity contribution in [3.63, 3.8) is 0 Å². The summed E-state index contributed by atoms with van der Waals surface area (Å²) in [7, 11) is 0. The number of carbonyl (C=O) groups excluding carboxylic acids is 2. The fourth-order valence-corrected chi connectivity index (χ4v) is 6.43. The van der Waals surface area contributed by atoms with E-state index in [1.807, 2.05) is 6.92 Å². The van der Waals surface area contributed by atoms with Gasteiger partial charge in [0, 0.05) is 17.9 Å². The number of rotatable bonds is 10. The zero-order valence-corrected chi connectivity index (χ0v) is 18.9. The van der Waals surface area contributed by atoms with Crippen LogP contribution in [-0.4, -0.2) is 78.0 Å². The summed E-state index contributed by atoms with van der Waals surface area (Å²) in [4.78, 5) is 48.6. The van der Waals surface area contributed by atoms with Gasteiger partial charge in [0.1, 0.15) is 28.2 Å². The van der Waals surface area contributed by atoms with Crippen LogP contribution in [0.25, 0.3) is 0 Å². The van der Waals surface area contributed by atoms with Gasteiger partial charge in [-0.15, -0.1) is 22.0 Å². The van der Waals surface area contributed by atoms with Crippen LogP contribution in [0.3, 0.4) is 0 Å². The largest absolute Gasteiger partial charge is 0.480 e. The molecule has 1 saturated heterocycles. The van der Waals surface area contributed by atoms with Gasteiger partial charge in [0.2, 0.25) is 5.91 Å². The molecule has 1 fully saturated rings. The minimum absolute atomic E-state index is 0.0347. The molecule has 0 radical (unpaired) electrons. The highest BCUT2D eigenvalue weighted by Crippen LogP contribution is 2.41. The molecule has 14 heteroatoms.